The Morgan fingerprint density at radius 3 is 2.60 bits per heavy atom. The molecule has 1 atom stereocenters. The Kier molecular flexibility index (Phi) is 4.50. The lowest BCUT2D eigenvalue weighted by Gasteiger charge is -2.19. The molecule has 0 saturated heterocycles. The van der Waals surface area contributed by atoms with E-state index in [1.54, 1.807) is 13.2 Å². The molecular formula is C16H17ClFNO. The van der Waals surface area contributed by atoms with Crippen molar-refractivity contribution in [3.8, 4) is 5.75 Å². The normalized spacial score (nSPS) is 12.1. The Hall–Kier alpha value is -1.74. The third-order valence-corrected chi connectivity index (χ3v) is 3.48. The van der Waals surface area contributed by atoms with Gasteiger partial charge in [0.15, 0.2) is 0 Å². The van der Waals surface area contributed by atoms with E-state index >= 15 is 0 Å². The van der Waals surface area contributed by atoms with E-state index in [2.05, 4.69) is 5.32 Å². The molecule has 0 bridgehead atoms. The number of ether oxygens (including phenoxy) is 1. The van der Waals surface area contributed by atoms with Gasteiger partial charge in [-0.2, -0.15) is 0 Å². The van der Waals surface area contributed by atoms with Gasteiger partial charge in [-0.3, -0.25) is 0 Å². The van der Waals surface area contributed by atoms with Gasteiger partial charge in [0.25, 0.3) is 0 Å². The summed E-state index contributed by atoms with van der Waals surface area (Å²) in [7, 11) is 1.63. The first kappa shape index (κ1) is 14.7. The van der Waals surface area contributed by atoms with Gasteiger partial charge in [0, 0.05) is 5.02 Å². The van der Waals surface area contributed by atoms with Crippen LogP contribution in [-0.2, 0) is 0 Å². The van der Waals surface area contributed by atoms with E-state index in [9.17, 15) is 4.39 Å². The second kappa shape index (κ2) is 6.14. The van der Waals surface area contributed by atoms with Crippen LogP contribution in [0.1, 0.15) is 24.1 Å². The van der Waals surface area contributed by atoms with Gasteiger partial charge >= 0.3 is 0 Å². The molecule has 2 rings (SSSR count). The largest absolute Gasteiger partial charge is 0.495 e. The van der Waals surface area contributed by atoms with Crippen molar-refractivity contribution in [2.45, 2.75) is 19.9 Å². The van der Waals surface area contributed by atoms with Gasteiger partial charge in [-0.15, -0.1) is 0 Å². The first-order valence-corrected chi connectivity index (χ1v) is 6.75. The Morgan fingerprint density at radius 2 is 1.95 bits per heavy atom. The summed E-state index contributed by atoms with van der Waals surface area (Å²) in [5.41, 5.74) is 2.86. The van der Waals surface area contributed by atoms with Crippen molar-refractivity contribution in [3.63, 3.8) is 0 Å². The zero-order valence-corrected chi connectivity index (χ0v) is 12.5. The number of nitrogens with one attached hydrogen (secondary N) is 1. The molecule has 1 N–H and O–H groups in total. The summed E-state index contributed by atoms with van der Waals surface area (Å²) in [5.74, 6) is 0.430. The van der Waals surface area contributed by atoms with E-state index in [1.807, 2.05) is 32.0 Å². The minimum absolute atomic E-state index is 0.0567. The molecule has 0 heterocycles. The number of hydrogen-bond acceptors (Lipinski definition) is 2. The van der Waals surface area contributed by atoms with Gasteiger partial charge in [0.1, 0.15) is 11.6 Å². The second-order valence-electron chi connectivity index (χ2n) is 4.74. The van der Waals surface area contributed by atoms with Gasteiger partial charge in [0.05, 0.1) is 18.8 Å². The molecule has 0 aliphatic carbocycles. The molecule has 2 nitrogen and oxygen atoms in total. The average Bonchev–Trinajstić information content (AvgIpc) is 2.38. The van der Waals surface area contributed by atoms with Crippen LogP contribution < -0.4 is 10.1 Å². The zero-order chi connectivity index (χ0) is 14.7. The Morgan fingerprint density at radius 1 is 1.20 bits per heavy atom. The van der Waals surface area contributed by atoms with Gasteiger partial charge < -0.3 is 10.1 Å². The minimum Gasteiger partial charge on any atom is -0.495 e. The predicted octanol–water partition coefficient (Wildman–Crippen LogP) is 4.97. The van der Waals surface area contributed by atoms with Crippen molar-refractivity contribution in [3.05, 3.63) is 58.4 Å². The summed E-state index contributed by atoms with van der Waals surface area (Å²) in [4.78, 5) is 0. The van der Waals surface area contributed by atoms with Crippen molar-refractivity contribution < 1.29 is 9.13 Å². The average molecular weight is 294 g/mol. The minimum atomic E-state index is -0.334. The van der Waals surface area contributed by atoms with Crippen molar-refractivity contribution in [2.24, 2.45) is 0 Å². The fourth-order valence-electron chi connectivity index (χ4n) is 2.10. The Balaban J connectivity index is 2.27. The topological polar surface area (TPSA) is 21.3 Å². The maximum absolute atomic E-state index is 13.1. The van der Waals surface area contributed by atoms with Gasteiger partial charge in [0.2, 0.25) is 0 Å². The highest BCUT2D eigenvalue weighted by Gasteiger charge is 2.12. The predicted molar refractivity (Wildman–Crippen MR) is 81.2 cm³/mol. The van der Waals surface area contributed by atoms with E-state index in [-0.39, 0.29) is 11.9 Å². The summed E-state index contributed by atoms with van der Waals surface area (Å²) < 4.78 is 18.4. The number of methoxy groups -OCH3 is 1. The number of benzene rings is 2. The number of hydrogen-bond donors (Lipinski definition) is 1. The van der Waals surface area contributed by atoms with Crippen molar-refractivity contribution in [1.82, 2.24) is 0 Å². The van der Waals surface area contributed by atoms with E-state index < -0.39 is 0 Å². The highest BCUT2D eigenvalue weighted by Crippen LogP contribution is 2.31. The van der Waals surface area contributed by atoms with E-state index in [0.29, 0.717) is 5.02 Å². The lowest BCUT2D eigenvalue weighted by Crippen LogP contribution is -2.08. The summed E-state index contributed by atoms with van der Waals surface area (Å²) in [6.45, 7) is 3.99. The Bertz CT molecular complexity index is 615. The molecular weight excluding hydrogens is 277 g/mol. The highest BCUT2D eigenvalue weighted by molar-refractivity contribution is 6.31. The number of rotatable bonds is 4. The SMILES string of the molecule is COc1ccc(C)cc1NC(C)c1ccc(F)cc1Cl. The molecule has 0 aliphatic heterocycles. The van der Waals surface area contributed by atoms with Gasteiger partial charge in [-0.1, -0.05) is 23.7 Å². The van der Waals surface area contributed by atoms with Crippen LogP contribution in [0.4, 0.5) is 10.1 Å². The molecule has 20 heavy (non-hydrogen) atoms. The van der Waals surface area contributed by atoms with Crippen LogP contribution in [0, 0.1) is 12.7 Å². The van der Waals surface area contributed by atoms with Crippen LogP contribution >= 0.6 is 11.6 Å². The maximum Gasteiger partial charge on any atom is 0.141 e. The Labute approximate surface area is 123 Å². The molecule has 0 fully saturated rings. The molecule has 0 aromatic heterocycles. The molecule has 0 saturated carbocycles. The van der Waals surface area contributed by atoms with Crippen LogP contribution in [0.25, 0.3) is 0 Å². The molecule has 2 aromatic carbocycles. The van der Waals surface area contributed by atoms with Gasteiger partial charge in [-0.05, 0) is 49.2 Å². The molecule has 4 heteroatoms. The monoisotopic (exact) mass is 293 g/mol. The van der Waals surface area contributed by atoms with Crippen LogP contribution in [-0.4, -0.2) is 7.11 Å². The molecule has 0 aliphatic rings. The molecule has 106 valence electrons. The number of halogens is 2. The van der Waals surface area contributed by atoms with Crippen LogP contribution in [0.5, 0.6) is 5.75 Å². The standard InChI is InChI=1S/C16H17ClFNO/c1-10-4-7-16(20-3)15(8-10)19-11(2)13-6-5-12(18)9-14(13)17/h4-9,11,19H,1-3H3. The second-order valence-corrected chi connectivity index (χ2v) is 5.14. The molecule has 0 radical (unpaired) electrons. The smallest absolute Gasteiger partial charge is 0.141 e. The quantitative estimate of drug-likeness (QED) is 0.859. The highest BCUT2D eigenvalue weighted by atomic mass is 35.5. The molecule has 2 aromatic rings. The molecule has 0 spiro atoms. The fourth-order valence-corrected chi connectivity index (χ4v) is 2.43. The third-order valence-electron chi connectivity index (χ3n) is 3.16. The van der Waals surface area contributed by atoms with Crippen molar-refractivity contribution >= 4 is 17.3 Å². The first-order valence-electron chi connectivity index (χ1n) is 6.37. The number of aryl methyl sites for hydroxylation is 1. The summed E-state index contributed by atoms with van der Waals surface area (Å²) in [6.07, 6.45) is 0. The third kappa shape index (κ3) is 3.23. The van der Waals surface area contributed by atoms with Crippen LogP contribution in [0.15, 0.2) is 36.4 Å². The van der Waals surface area contributed by atoms with Crippen LogP contribution in [0.3, 0.4) is 0 Å². The lowest BCUT2D eigenvalue weighted by molar-refractivity contribution is 0.416. The van der Waals surface area contributed by atoms with Crippen molar-refractivity contribution in [2.75, 3.05) is 12.4 Å². The zero-order valence-electron chi connectivity index (χ0n) is 11.7. The first-order chi connectivity index (χ1) is 9.51. The van der Waals surface area contributed by atoms with E-state index in [1.165, 1.54) is 12.1 Å². The van der Waals surface area contributed by atoms with Crippen molar-refractivity contribution in [1.29, 1.82) is 0 Å². The van der Waals surface area contributed by atoms with E-state index in [4.69, 9.17) is 16.3 Å². The summed E-state index contributed by atoms with van der Waals surface area (Å²) in [5, 5.41) is 3.76. The van der Waals surface area contributed by atoms with E-state index in [0.717, 1.165) is 22.6 Å². The lowest BCUT2D eigenvalue weighted by atomic mass is 10.1. The fraction of sp³-hybridized carbons (Fsp3) is 0.250. The maximum atomic E-state index is 13.1. The summed E-state index contributed by atoms with van der Waals surface area (Å²) in [6, 6.07) is 10.3. The summed E-state index contributed by atoms with van der Waals surface area (Å²) >= 11 is 6.08. The van der Waals surface area contributed by atoms with Crippen LogP contribution in [0.2, 0.25) is 5.02 Å². The van der Waals surface area contributed by atoms with Gasteiger partial charge in [-0.25, -0.2) is 4.39 Å². The molecule has 1 unspecified atom stereocenters. The molecule has 0 amide bonds. The number of anilines is 1.